The molecule has 0 unspecified atom stereocenters. The zero-order valence-corrected chi connectivity index (χ0v) is 18.6. The molecular weight excluding hydrogens is 423 g/mol. The van der Waals surface area contributed by atoms with Crippen LogP contribution >= 0.6 is 0 Å². The fraction of sp³-hybridized carbons (Fsp3) is 0.609. The van der Waals surface area contributed by atoms with Crippen LogP contribution in [0.25, 0.3) is 0 Å². The van der Waals surface area contributed by atoms with Crippen LogP contribution in [0.5, 0.6) is 0 Å². The molecule has 3 N–H and O–H groups in total. The van der Waals surface area contributed by atoms with Gasteiger partial charge < -0.3 is 16.0 Å². The zero-order valence-electron chi connectivity index (χ0n) is 18.6. The van der Waals surface area contributed by atoms with E-state index < -0.39 is 46.8 Å². The summed E-state index contributed by atoms with van der Waals surface area (Å²) in [6.07, 6.45) is -0.567. The SMILES string of the molecule is CC(C)(C)c1ccc(NC(=O)[C@H](NC(=O)[C@@H]2CNC(=O)C2)C2CCC(F)(F)CC2)cc1F. The molecule has 0 aromatic heterocycles. The van der Waals surface area contributed by atoms with Crippen LogP contribution in [0.4, 0.5) is 18.9 Å². The van der Waals surface area contributed by atoms with Gasteiger partial charge in [-0.05, 0) is 41.9 Å². The lowest BCUT2D eigenvalue weighted by Crippen LogP contribution is -2.51. The maximum Gasteiger partial charge on any atom is 0.248 e. The number of benzene rings is 1. The van der Waals surface area contributed by atoms with Crippen molar-refractivity contribution in [3.05, 3.63) is 29.6 Å². The third-order valence-corrected chi connectivity index (χ3v) is 6.21. The molecule has 2 atom stereocenters. The first-order chi connectivity index (χ1) is 14.9. The Balaban J connectivity index is 1.76. The van der Waals surface area contributed by atoms with Gasteiger partial charge >= 0.3 is 0 Å². The Morgan fingerprint density at radius 1 is 1.19 bits per heavy atom. The molecule has 2 fully saturated rings. The standard InChI is InChI=1S/C23H30F3N3O3/c1-22(2,3)16-5-4-15(11-17(16)24)28-21(32)19(13-6-8-23(25,26)9-7-13)29-20(31)14-10-18(30)27-12-14/h4-5,11,13-14,19H,6-10,12H2,1-3H3,(H,27,30)(H,28,32)(H,29,31)/t14-,19+/m0/s1. The number of nitrogens with one attached hydrogen (secondary N) is 3. The molecule has 1 aromatic rings. The minimum absolute atomic E-state index is 0.0163. The topological polar surface area (TPSA) is 87.3 Å². The van der Waals surface area contributed by atoms with Gasteiger partial charge in [-0.2, -0.15) is 0 Å². The summed E-state index contributed by atoms with van der Waals surface area (Å²) >= 11 is 0. The lowest BCUT2D eigenvalue weighted by molar-refractivity contribution is -0.131. The first-order valence-electron chi connectivity index (χ1n) is 10.9. The summed E-state index contributed by atoms with van der Waals surface area (Å²) in [5, 5.41) is 7.85. The second kappa shape index (κ2) is 9.11. The highest BCUT2D eigenvalue weighted by atomic mass is 19.3. The molecule has 6 nitrogen and oxygen atoms in total. The quantitative estimate of drug-likeness (QED) is 0.638. The van der Waals surface area contributed by atoms with Crippen molar-refractivity contribution in [1.82, 2.24) is 10.6 Å². The molecule has 1 saturated carbocycles. The third kappa shape index (κ3) is 5.81. The van der Waals surface area contributed by atoms with E-state index in [1.54, 1.807) is 12.1 Å². The van der Waals surface area contributed by atoms with Gasteiger partial charge in [0.2, 0.25) is 23.6 Å². The number of alkyl halides is 2. The molecule has 2 aliphatic rings. The van der Waals surface area contributed by atoms with E-state index in [2.05, 4.69) is 16.0 Å². The lowest BCUT2D eigenvalue weighted by atomic mass is 9.81. The van der Waals surface area contributed by atoms with Crippen LogP contribution < -0.4 is 16.0 Å². The largest absolute Gasteiger partial charge is 0.355 e. The number of hydrogen-bond acceptors (Lipinski definition) is 3. The summed E-state index contributed by atoms with van der Waals surface area (Å²) in [5.74, 6) is -5.67. The Bertz CT molecular complexity index is 888. The van der Waals surface area contributed by atoms with Crippen molar-refractivity contribution < 1.29 is 27.6 Å². The van der Waals surface area contributed by atoms with Gasteiger partial charge in [0.05, 0.1) is 5.92 Å². The summed E-state index contributed by atoms with van der Waals surface area (Å²) < 4.78 is 41.8. The van der Waals surface area contributed by atoms with Gasteiger partial charge in [0.1, 0.15) is 11.9 Å². The highest BCUT2D eigenvalue weighted by Gasteiger charge is 2.41. The highest BCUT2D eigenvalue weighted by molar-refractivity contribution is 5.98. The summed E-state index contributed by atoms with van der Waals surface area (Å²) in [6.45, 7) is 5.78. The van der Waals surface area contributed by atoms with Gasteiger partial charge in [0.15, 0.2) is 0 Å². The molecule has 0 radical (unpaired) electrons. The minimum Gasteiger partial charge on any atom is -0.355 e. The maximum absolute atomic E-state index is 14.5. The third-order valence-electron chi connectivity index (χ3n) is 6.21. The van der Waals surface area contributed by atoms with Crippen molar-refractivity contribution in [2.75, 3.05) is 11.9 Å². The summed E-state index contributed by atoms with van der Waals surface area (Å²) in [4.78, 5) is 37.1. The normalized spacial score (nSPS) is 22.2. The minimum atomic E-state index is -2.78. The lowest BCUT2D eigenvalue weighted by Gasteiger charge is -2.33. The van der Waals surface area contributed by atoms with E-state index in [1.165, 1.54) is 6.07 Å². The fourth-order valence-electron chi connectivity index (χ4n) is 4.28. The van der Waals surface area contributed by atoms with Gasteiger partial charge in [0, 0.05) is 31.5 Å². The fourth-order valence-corrected chi connectivity index (χ4v) is 4.28. The van der Waals surface area contributed by atoms with E-state index in [0.717, 1.165) is 0 Å². The average Bonchev–Trinajstić information content (AvgIpc) is 3.12. The van der Waals surface area contributed by atoms with E-state index in [1.807, 2.05) is 20.8 Å². The molecule has 32 heavy (non-hydrogen) atoms. The van der Waals surface area contributed by atoms with Crippen molar-refractivity contribution in [2.45, 2.75) is 70.3 Å². The van der Waals surface area contributed by atoms with Gasteiger partial charge in [0.25, 0.3) is 0 Å². The van der Waals surface area contributed by atoms with Crippen LogP contribution in [0, 0.1) is 17.7 Å². The van der Waals surface area contributed by atoms with Crippen molar-refractivity contribution in [3.63, 3.8) is 0 Å². The second-order valence-electron chi connectivity index (χ2n) is 9.82. The molecule has 9 heteroatoms. The second-order valence-corrected chi connectivity index (χ2v) is 9.82. The summed E-state index contributed by atoms with van der Waals surface area (Å²) in [6, 6.07) is 3.33. The number of anilines is 1. The number of carbonyl (C=O) groups excluding carboxylic acids is 3. The van der Waals surface area contributed by atoms with E-state index in [-0.39, 0.29) is 50.2 Å². The number of carbonyl (C=O) groups is 3. The first kappa shape index (κ1) is 24.1. The molecule has 1 saturated heterocycles. The predicted octanol–water partition coefficient (Wildman–Crippen LogP) is 3.51. The molecule has 1 aromatic carbocycles. The Kier molecular flexibility index (Phi) is 6.86. The van der Waals surface area contributed by atoms with Crippen LogP contribution in [-0.4, -0.2) is 36.2 Å². The molecular formula is C23H30F3N3O3. The van der Waals surface area contributed by atoms with Crippen molar-refractivity contribution in [1.29, 1.82) is 0 Å². The van der Waals surface area contributed by atoms with E-state index in [9.17, 15) is 27.6 Å². The Hall–Kier alpha value is -2.58. The van der Waals surface area contributed by atoms with Gasteiger partial charge in [-0.15, -0.1) is 0 Å². The summed E-state index contributed by atoms with van der Waals surface area (Å²) in [7, 11) is 0. The molecule has 0 bridgehead atoms. The van der Waals surface area contributed by atoms with E-state index in [4.69, 9.17) is 0 Å². The molecule has 3 amide bonds. The molecule has 1 aliphatic carbocycles. The molecule has 1 aliphatic heterocycles. The van der Waals surface area contributed by atoms with Crippen molar-refractivity contribution >= 4 is 23.4 Å². The van der Waals surface area contributed by atoms with Gasteiger partial charge in [-0.3, -0.25) is 14.4 Å². The predicted molar refractivity (Wildman–Crippen MR) is 114 cm³/mol. The first-order valence-corrected chi connectivity index (χ1v) is 10.9. The molecule has 0 spiro atoms. The average molecular weight is 454 g/mol. The van der Waals surface area contributed by atoms with Crippen LogP contribution in [-0.2, 0) is 19.8 Å². The maximum atomic E-state index is 14.5. The molecule has 176 valence electrons. The molecule has 1 heterocycles. The van der Waals surface area contributed by atoms with Gasteiger partial charge in [-0.1, -0.05) is 26.8 Å². The number of amides is 3. The Morgan fingerprint density at radius 2 is 1.84 bits per heavy atom. The smallest absolute Gasteiger partial charge is 0.248 e. The highest BCUT2D eigenvalue weighted by Crippen LogP contribution is 2.38. The number of rotatable bonds is 5. The van der Waals surface area contributed by atoms with Gasteiger partial charge in [-0.25, -0.2) is 13.2 Å². The van der Waals surface area contributed by atoms with Crippen LogP contribution in [0.3, 0.4) is 0 Å². The number of halogens is 3. The van der Waals surface area contributed by atoms with Crippen LogP contribution in [0.1, 0.15) is 58.4 Å². The Morgan fingerprint density at radius 3 is 2.38 bits per heavy atom. The zero-order chi connectivity index (χ0) is 23.7. The molecule has 3 rings (SSSR count). The Labute approximate surface area is 185 Å². The van der Waals surface area contributed by atoms with Crippen molar-refractivity contribution in [3.8, 4) is 0 Å². The van der Waals surface area contributed by atoms with Crippen molar-refractivity contribution in [2.24, 2.45) is 11.8 Å². The van der Waals surface area contributed by atoms with Crippen LogP contribution in [0.15, 0.2) is 18.2 Å². The van der Waals surface area contributed by atoms with E-state index in [0.29, 0.717) is 5.56 Å². The summed E-state index contributed by atoms with van der Waals surface area (Å²) in [5.41, 5.74) is 0.301. The van der Waals surface area contributed by atoms with Crippen LogP contribution in [0.2, 0.25) is 0 Å². The van der Waals surface area contributed by atoms with E-state index >= 15 is 0 Å². The monoisotopic (exact) mass is 453 g/mol. The number of hydrogen-bond donors (Lipinski definition) is 3.